The average molecular weight is 332 g/mol. The Hall–Kier alpha value is -2.12. The third kappa shape index (κ3) is 3.02. The van der Waals surface area contributed by atoms with Gasteiger partial charge in [0.25, 0.3) is 0 Å². The normalized spacial score (nSPS) is 17.2. The van der Waals surface area contributed by atoms with Crippen LogP contribution in [0.2, 0.25) is 0 Å². The summed E-state index contributed by atoms with van der Waals surface area (Å²) in [7, 11) is 0. The minimum atomic E-state index is 0.0154. The van der Waals surface area contributed by atoms with Crippen molar-refractivity contribution in [3.63, 3.8) is 0 Å². The van der Waals surface area contributed by atoms with Gasteiger partial charge in [-0.3, -0.25) is 4.79 Å². The van der Waals surface area contributed by atoms with Gasteiger partial charge < -0.3 is 19.5 Å². The number of nitrogens with one attached hydrogen (secondary N) is 1. The Morgan fingerprint density at radius 2 is 2.04 bits per heavy atom. The van der Waals surface area contributed by atoms with Crippen LogP contribution in [0.3, 0.4) is 0 Å². The minimum Gasteiger partial charge on any atom is -0.454 e. The lowest BCUT2D eigenvalue weighted by Crippen LogP contribution is -2.28. The van der Waals surface area contributed by atoms with E-state index in [0.717, 1.165) is 34.8 Å². The molecule has 1 N–H and O–H groups in total. The van der Waals surface area contributed by atoms with Crippen molar-refractivity contribution in [3.05, 3.63) is 24.4 Å². The summed E-state index contributed by atoms with van der Waals surface area (Å²) in [5.41, 5.74) is 0.998. The van der Waals surface area contributed by atoms with Gasteiger partial charge in [-0.1, -0.05) is 11.3 Å². The molecule has 1 aromatic carbocycles. The van der Waals surface area contributed by atoms with E-state index in [4.69, 9.17) is 14.2 Å². The van der Waals surface area contributed by atoms with Crippen LogP contribution in [0.25, 0.3) is 10.4 Å². The summed E-state index contributed by atoms with van der Waals surface area (Å²) in [6.07, 6.45) is 3.31. The third-order valence-electron chi connectivity index (χ3n) is 3.99. The number of hydrogen-bond donors (Lipinski definition) is 1. The monoisotopic (exact) mass is 332 g/mol. The van der Waals surface area contributed by atoms with E-state index in [1.165, 1.54) is 11.3 Å². The van der Waals surface area contributed by atoms with Gasteiger partial charge in [-0.15, -0.1) is 0 Å². The number of ether oxygens (including phenoxy) is 3. The smallest absolute Gasteiger partial charge is 0.231 e. The number of rotatable bonds is 3. The Morgan fingerprint density at radius 1 is 1.22 bits per heavy atom. The molecule has 0 radical (unpaired) electrons. The first kappa shape index (κ1) is 14.5. The Labute approximate surface area is 137 Å². The van der Waals surface area contributed by atoms with Gasteiger partial charge in [-0.25, -0.2) is 4.98 Å². The first-order chi connectivity index (χ1) is 11.3. The molecule has 3 heterocycles. The number of fused-ring (bicyclic) bond motifs is 1. The van der Waals surface area contributed by atoms with E-state index < -0.39 is 0 Å². The van der Waals surface area contributed by atoms with E-state index in [1.54, 1.807) is 6.20 Å². The van der Waals surface area contributed by atoms with Crippen LogP contribution in [0.1, 0.15) is 12.8 Å². The maximum atomic E-state index is 12.2. The zero-order valence-electron chi connectivity index (χ0n) is 12.4. The van der Waals surface area contributed by atoms with Crippen LogP contribution in [-0.4, -0.2) is 30.9 Å². The maximum absolute atomic E-state index is 12.2. The molecule has 1 amide bonds. The van der Waals surface area contributed by atoms with Gasteiger partial charge in [0.2, 0.25) is 12.7 Å². The first-order valence-corrected chi connectivity index (χ1v) is 8.36. The van der Waals surface area contributed by atoms with Crippen molar-refractivity contribution in [2.45, 2.75) is 12.8 Å². The summed E-state index contributed by atoms with van der Waals surface area (Å²) in [5, 5.41) is 3.53. The standard InChI is InChI=1S/C16H16N2O4S/c19-15(10-3-5-20-6-4-10)18-16-17-8-14(23-16)11-1-2-12-13(7-11)22-9-21-12/h1-2,7-8,10H,3-6,9H2,(H,17,18,19). The SMILES string of the molecule is O=C(Nc1ncc(-c2ccc3c(c2)OCO3)s1)C1CCOCC1. The molecule has 2 aromatic rings. The fourth-order valence-corrected chi connectivity index (χ4v) is 3.50. The lowest BCUT2D eigenvalue weighted by molar-refractivity contribution is -0.122. The average Bonchev–Trinajstić information content (AvgIpc) is 3.23. The molecule has 0 spiro atoms. The van der Waals surface area contributed by atoms with Crippen LogP contribution in [0, 0.1) is 5.92 Å². The highest BCUT2D eigenvalue weighted by Gasteiger charge is 2.22. The van der Waals surface area contributed by atoms with Crippen LogP contribution in [0.4, 0.5) is 5.13 Å². The number of benzene rings is 1. The van der Waals surface area contributed by atoms with Gasteiger partial charge in [0, 0.05) is 25.3 Å². The quantitative estimate of drug-likeness (QED) is 0.936. The number of nitrogens with zero attached hydrogens (tertiary/aromatic N) is 1. The predicted molar refractivity (Wildman–Crippen MR) is 85.8 cm³/mol. The highest BCUT2D eigenvalue weighted by atomic mass is 32.1. The van der Waals surface area contributed by atoms with Gasteiger partial charge in [0.1, 0.15) is 0 Å². The van der Waals surface area contributed by atoms with Crippen molar-refractivity contribution in [2.75, 3.05) is 25.3 Å². The highest BCUT2D eigenvalue weighted by molar-refractivity contribution is 7.19. The van der Waals surface area contributed by atoms with E-state index in [9.17, 15) is 4.79 Å². The van der Waals surface area contributed by atoms with E-state index in [0.29, 0.717) is 18.3 Å². The number of hydrogen-bond acceptors (Lipinski definition) is 6. The van der Waals surface area contributed by atoms with Crippen molar-refractivity contribution in [3.8, 4) is 21.9 Å². The van der Waals surface area contributed by atoms with Crippen LogP contribution in [-0.2, 0) is 9.53 Å². The summed E-state index contributed by atoms with van der Waals surface area (Å²) in [5.74, 6) is 1.54. The van der Waals surface area contributed by atoms with E-state index in [-0.39, 0.29) is 18.6 Å². The molecule has 1 saturated heterocycles. The first-order valence-electron chi connectivity index (χ1n) is 7.54. The number of anilines is 1. The molecule has 0 unspecified atom stereocenters. The molecule has 2 aliphatic rings. The van der Waals surface area contributed by atoms with Gasteiger partial charge in [-0.05, 0) is 36.6 Å². The van der Waals surface area contributed by atoms with E-state index in [1.807, 2.05) is 18.2 Å². The number of carbonyl (C=O) groups excluding carboxylic acids is 1. The maximum Gasteiger partial charge on any atom is 0.231 e. The second-order valence-corrected chi connectivity index (χ2v) is 6.50. The number of carbonyl (C=O) groups is 1. The molecule has 7 heteroatoms. The molecule has 2 aliphatic heterocycles. The Bertz CT molecular complexity index is 725. The summed E-state index contributed by atoms with van der Waals surface area (Å²) in [6, 6.07) is 5.78. The van der Waals surface area contributed by atoms with Crippen molar-refractivity contribution in [1.82, 2.24) is 4.98 Å². The fraction of sp³-hybridized carbons (Fsp3) is 0.375. The molecule has 0 aliphatic carbocycles. The van der Waals surface area contributed by atoms with Crippen molar-refractivity contribution >= 4 is 22.4 Å². The number of thiazole rings is 1. The second kappa shape index (κ2) is 6.17. The van der Waals surface area contributed by atoms with Crippen molar-refractivity contribution in [2.24, 2.45) is 5.92 Å². The van der Waals surface area contributed by atoms with Crippen LogP contribution in [0.15, 0.2) is 24.4 Å². The molecule has 1 aromatic heterocycles. The number of amides is 1. The molecule has 23 heavy (non-hydrogen) atoms. The van der Waals surface area contributed by atoms with E-state index in [2.05, 4.69) is 10.3 Å². The fourth-order valence-electron chi connectivity index (χ4n) is 2.68. The number of aromatic nitrogens is 1. The second-order valence-electron chi connectivity index (χ2n) is 5.47. The largest absolute Gasteiger partial charge is 0.454 e. The van der Waals surface area contributed by atoms with Crippen molar-refractivity contribution in [1.29, 1.82) is 0 Å². The molecular formula is C16H16N2O4S. The zero-order chi connectivity index (χ0) is 15.6. The lowest BCUT2D eigenvalue weighted by atomic mass is 10.00. The minimum absolute atomic E-state index is 0.0154. The molecule has 0 bridgehead atoms. The molecule has 0 saturated carbocycles. The summed E-state index contributed by atoms with van der Waals surface area (Å²) in [6.45, 7) is 1.56. The lowest BCUT2D eigenvalue weighted by Gasteiger charge is -2.20. The summed E-state index contributed by atoms with van der Waals surface area (Å²) in [4.78, 5) is 17.5. The summed E-state index contributed by atoms with van der Waals surface area (Å²) < 4.78 is 16.0. The van der Waals surface area contributed by atoms with E-state index >= 15 is 0 Å². The molecule has 6 nitrogen and oxygen atoms in total. The van der Waals surface area contributed by atoms with Gasteiger partial charge in [0.05, 0.1) is 4.88 Å². The van der Waals surface area contributed by atoms with Crippen molar-refractivity contribution < 1.29 is 19.0 Å². The zero-order valence-corrected chi connectivity index (χ0v) is 13.2. The van der Waals surface area contributed by atoms with Crippen LogP contribution < -0.4 is 14.8 Å². The Kier molecular flexibility index (Phi) is 3.88. The predicted octanol–water partition coefficient (Wildman–Crippen LogP) is 2.90. The molecule has 4 rings (SSSR count). The molecule has 0 atom stereocenters. The molecular weight excluding hydrogens is 316 g/mol. The topological polar surface area (TPSA) is 69.7 Å². The van der Waals surface area contributed by atoms with Gasteiger partial charge >= 0.3 is 0 Å². The highest BCUT2D eigenvalue weighted by Crippen LogP contribution is 2.38. The van der Waals surface area contributed by atoms with Crippen LogP contribution in [0.5, 0.6) is 11.5 Å². The van der Waals surface area contributed by atoms with Gasteiger partial charge in [0.15, 0.2) is 16.6 Å². The van der Waals surface area contributed by atoms with Gasteiger partial charge in [-0.2, -0.15) is 0 Å². The molecule has 120 valence electrons. The summed E-state index contributed by atoms with van der Waals surface area (Å²) >= 11 is 1.45. The molecule has 1 fully saturated rings. The van der Waals surface area contributed by atoms with Crippen LogP contribution >= 0.6 is 11.3 Å². The third-order valence-corrected chi connectivity index (χ3v) is 4.95. The Morgan fingerprint density at radius 3 is 2.91 bits per heavy atom. The Balaban J connectivity index is 1.47.